The molecule has 3 nitrogen and oxygen atoms in total. The molecule has 1 rings (SSSR count). The third-order valence-electron chi connectivity index (χ3n) is 3.72. The van der Waals surface area contributed by atoms with Crippen LogP contribution in [-0.2, 0) is 22.0 Å². The molecule has 3 heteroatoms. The zero-order valence-electron chi connectivity index (χ0n) is 17.4. The molecule has 25 heavy (non-hydrogen) atoms. The fourth-order valence-corrected chi connectivity index (χ4v) is 2.55. The summed E-state index contributed by atoms with van der Waals surface area (Å²) in [5.74, 6) is 0.613. The van der Waals surface area contributed by atoms with Crippen LogP contribution in [0.1, 0.15) is 79.0 Å². The van der Waals surface area contributed by atoms with Gasteiger partial charge < -0.3 is 9.47 Å². The van der Waals surface area contributed by atoms with E-state index in [1.807, 2.05) is 26.8 Å². The van der Waals surface area contributed by atoms with Crippen molar-refractivity contribution in [2.24, 2.45) is 0 Å². The van der Waals surface area contributed by atoms with Crippen molar-refractivity contribution in [3.63, 3.8) is 0 Å². The molecule has 140 valence electrons. The summed E-state index contributed by atoms with van der Waals surface area (Å²) in [6.07, 6.45) is 2.00. The lowest BCUT2D eigenvalue weighted by Gasteiger charge is -2.30. The van der Waals surface area contributed by atoms with Gasteiger partial charge in [-0.2, -0.15) is 0 Å². The maximum Gasteiger partial charge on any atom is 0.514 e. The van der Waals surface area contributed by atoms with E-state index < -0.39 is 11.8 Å². The second-order valence-electron chi connectivity index (χ2n) is 9.58. The Morgan fingerprint density at radius 2 is 1.40 bits per heavy atom. The van der Waals surface area contributed by atoms with Gasteiger partial charge in [0.05, 0.1) is 0 Å². The predicted molar refractivity (Wildman–Crippen MR) is 105 cm³/mol. The minimum Gasteiger partial charge on any atom is -0.428 e. The van der Waals surface area contributed by atoms with Gasteiger partial charge in [0.2, 0.25) is 0 Å². The Kier molecular flexibility index (Phi) is 6.15. The largest absolute Gasteiger partial charge is 0.514 e. The highest BCUT2D eigenvalue weighted by Gasteiger charge is 2.30. The molecule has 1 aromatic carbocycles. The summed E-state index contributed by atoms with van der Waals surface area (Å²) in [5.41, 5.74) is 2.24. The molecule has 0 saturated carbocycles. The highest BCUT2D eigenvalue weighted by molar-refractivity contribution is 5.67. The number of carbonyl (C=O) groups is 1. The number of rotatable bonds is 3. The Morgan fingerprint density at radius 1 is 0.960 bits per heavy atom. The smallest absolute Gasteiger partial charge is 0.428 e. The predicted octanol–water partition coefficient (Wildman–Crippen LogP) is 6.32. The van der Waals surface area contributed by atoms with Crippen molar-refractivity contribution in [1.29, 1.82) is 0 Å². The third kappa shape index (κ3) is 6.22. The Bertz CT molecular complexity index is 600. The van der Waals surface area contributed by atoms with Gasteiger partial charge in [-0.05, 0) is 43.6 Å². The van der Waals surface area contributed by atoms with E-state index in [1.54, 1.807) is 0 Å². The number of carbonyl (C=O) groups excluding carboxylic acids is 1. The van der Waals surface area contributed by atoms with Gasteiger partial charge in [0, 0.05) is 11.1 Å². The number of hydrogen-bond acceptors (Lipinski definition) is 3. The number of benzene rings is 1. The minimum absolute atomic E-state index is 0.172. The molecule has 0 heterocycles. The lowest BCUT2D eigenvalue weighted by Crippen LogP contribution is -2.28. The Balaban J connectivity index is 3.55. The second-order valence-corrected chi connectivity index (χ2v) is 9.58. The first-order chi connectivity index (χ1) is 11.1. The minimum atomic E-state index is -0.667. The molecule has 0 bridgehead atoms. The summed E-state index contributed by atoms with van der Waals surface area (Å²) in [7, 11) is 0. The summed E-state index contributed by atoms with van der Waals surface area (Å²) in [6, 6.07) is 4.22. The van der Waals surface area contributed by atoms with Crippen LogP contribution in [0.2, 0.25) is 0 Å². The Hall–Kier alpha value is -1.77. The van der Waals surface area contributed by atoms with Crippen LogP contribution in [0.4, 0.5) is 4.79 Å². The Labute approximate surface area is 153 Å². The van der Waals surface area contributed by atoms with E-state index in [9.17, 15) is 4.79 Å². The zero-order valence-corrected chi connectivity index (χ0v) is 17.4. The fourth-order valence-electron chi connectivity index (χ4n) is 2.55. The van der Waals surface area contributed by atoms with Crippen LogP contribution in [0.15, 0.2) is 24.8 Å². The molecule has 0 amide bonds. The molecule has 1 aromatic rings. The number of ether oxygens (including phenoxy) is 2. The van der Waals surface area contributed by atoms with Gasteiger partial charge in [-0.3, -0.25) is 0 Å². The average Bonchev–Trinajstić information content (AvgIpc) is 2.35. The monoisotopic (exact) mass is 346 g/mol. The van der Waals surface area contributed by atoms with Crippen molar-refractivity contribution in [3.8, 4) is 5.75 Å². The maximum atomic E-state index is 12.3. The molecule has 0 atom stereocenters. The summed E-state index contributed by atoms with van der Waals surface area (Å²) >= 11 is 0. The van der Waals surface area contributed by atoms with Crippen molar-refractivity contribution < 1.29 is 14.3 Å². The lowest BCUT2D eigenvalue weighted by molar-refractivity contribution is 0.0199. The van der Waals surface area contributed by atoms with Crippen LogP contribution in [0.5, 0.6) is 5.75 Å². The van der Waals surface area contributed by atoms with Gasteiger partial charge >= 0.3 is 6.16 Å². The molecule has 0 N–H and O–H groups in total. The van der Waals surface area contributed by atoms with Gasteiger partial charge in [-0.15, -0.1) is 6.58 Å². The van der Waals surface area contributed by atoms with Gasteiger partial charge in [-0.25, -0.2) is 4.79 Å². The fraction of sp³-hybridized carbons (Fsp3) is 0.591. The van der Waals surface area contributed by atoms with E-state index in [1.165, 1.54) is 5.56 Å². The highest BCUT2D eigenvalue weighted by atomic mass is 16.7. The van der Waals surface area contributed by atoms with E-state index >= 15 is 0 Å². The SMILES string of the molecule is C=CCc1cc(C(C)(C)C)c(OC(=O)OC(C)(C)C)c(C(C)(C)C)c1. The van der Waals surface area contributed by atoms with E-state index in [0.717, 1.165) is 17.5 Å². The van der Waals surface area contributed by atoms with Crippen molar-refractivity contribution in [2.45, 2.75) is 85.2 Å². The summed E-state index contributed by atoms with van der Waals surface area (Å²) < 4.78 is 11.1. The number of hydrogen-bond donors (Lipinski definition) is 0. The molecule has 0 spiro atoms. The quantitative estimate of drug-likeness (QED) is 0.365. The molecule has 0 aliphatic rings. The average molecular weight is 347 g/mol. The standard InChI is InChI=1S/C22H34O3/c1-11-12-15-13-16(20(2,3)4)18(17(14-15)21(5,6)7)24-19(23)25-22(8,9)10/h11,13-14H,1,12H2,2-10H3. The van der Waals surface area contributed by atoms with Crippen molar-refractivity contribution in [3.05, 3.63) is 41.5 Å². The van der Waals surface area contributed by atoms with Gasteiger partial charge in [0.15, 0.2) is 0 Å². The van der Waals surface area contributed by atoms with Crippen LogP contribution in [0.25, 0.3) is 0 Å². The van der Waals surface area contributed by atoms with E-state index in [2.05, 4.69) is 60.3 Å². The van der Waals surface area contributed by atoms with Gasteiger partial charge in [0.1, 0.15) is 11.4 Å². The van der Waals surface area contributed by atoms with Crippen LogP contribution in [0.3, 0.4) is 0 Å². The summed E-state index contributed by atoms with van der Waals surface area (Å²) in [6.45, 7) is 22.1. The zero-order chi connectivity index (χ0) is 19.6. The van der Waals surface area contributed by atoms with E-state index in [0.29, 0.717) is 5.75 Å². The maximum absolute atomic E-state index is 12.3. The molecule has 0 aliphatic carbocycles. The highest BCUT2D eigenvalue weighted by Crippen LogP contribution is 2.41. The molecule has 0 radical (unpaired) electrons. The molecular weight excluding hydrogens is 312 g/mol. The van der Waals surface area contributed by atoms with Crippen molar-refractivity contribution in [2.75, 3.05) is 0 Å². The van der Waals surface area contributed by atoms with Crippen molar-refractivity contribution >= 4 is 6.16 Å². The molecule has 0 aliphatic heterocycles. The summed E-state index contributed by atoms with van der Waals surface area (Å²) in [5, 5.41) is 0. The van der Waals surface area contributed by atoms with Gasteiger partial charge in [-0.1, -0.05) is 59.8 Å². The topological polar surface area (TPSA) is 35.5 Å². The molecule has 0 saturated heterocycles. The normalized spacial score (nSPS) is 12.7. The number of allylic oxidation sites excluding steroid dienone is 1. The molecule has 0 aromatic heterocycles. The molecule has 0 fully saturated rings. The van der Waals surface area contributed by atoms with E-state index in [-0.39, 0.29) is 10.8 Å². The first-order valence-corrected chi connectivity index (χ1v) is 8.85. The van der Waals surface area contributed by atoms with Crippen molar-refractivity contribution in [1.82, 2.24) is 0 Å². The lowest BCUT2D eigenvalue weighted by atomic mass is 9.78. The van der Waals surface area contributed by atoms with Crippen LogP contribution >= 0.6 is 0 Å². The first-order valence-electron chi connectivity index (χ1n) is 8.85. The van der Waals surface area contributed by atoms with Gasteiger partial charge in [0.25, 0.3) is 0 Å². The van der Waals surface area contributed by atoms with Crippen LogP contribution < -0.4 is 4.74 Å². The third-order valence-corrected chi connectivity index (χ3v) is 3.72. The first kappa shape index (κ1) is 21.3. The Morgan fingerprint density at radius 3 is 1.72 bits per heavy atom. The van der Waals surface area contributed by atoms with Crippen LogP contribution in [0, 0.1) is 0 Å². The summed E-state index contributed by atoms with van der Waals surface area (Å²) in [4.78, 5) is 12.3. The molecular formula is C22H34O3. The second kappa shape index (κ2) is 7.23. The molecule has 0 unspecified atom stereocenters. The van der Waals surface area contributed by atoms with Crippen LogP contribution in [-0.4, -0.2) is 11.8 Å². The van der Waals surface area contributed by atoms with E-state index in [4.69, 9.17) is 9.47 Å².